The molecule has 5 heteroatoms. The lowest BCUT2D eigenvalue weighted by atomic mass is 10.1. The summed E-state index contributed by atoms with van der Waals surface area (Å²) in [6.07, 6.45) is 3.27. The highest BCUT2D eigenvalue weighted by Gasteiger charge is 2.17. The molecule has 0 amide bonds. The van der Waals surface area contributed by atoms with E-state index < -0.39 is 0 Å². The third kappa shape index (κ3) is 2.78. The number of nitrogens with zero attached hydrogens (tertiary/aromatic N) is 1. The third-order valence-corrected chi connectivity index (χ3v) is 4.29. The summed E-state index contributed by atoms with van der Waals surface area (Å²) in [7, 11) is 0. The van der Waals surface area contributed by atoms with Crippen molar-refractivity contribution in [2.75, 3.05) is 5.32 Å². The largest absolute Gasteiger partial charge is 0.389 e. The number of hydrogen-bond donors (Lipinski definition) is 2. The molecule has 1 aliphatic rings. The summed E-state index contributed by atoms with van der Waals surface area (Å²) in [5.74, 6) is 0.764. The fraction of sp³-hybridized carbons (Fsp3) is 0.200. The number of benzene rings is 1. The molecule has 0 unspecified atom stereocenters. The highest BCUT2D eigenvalue weighted by Crippen LogP contribution is 2.27. The molecule has 0 bridgehead atoms. The molecule has 0 fully saturated rings. The number of halogens is 1. The number of rotatable bonds is 3. The molecule has 3 nitrogen and oxygen atoms in total. The van der Waals surface area contributed by atoms with Crippen LogP contribution in [-0.2, 0) is 12.8 Å². The van der Waals surface area contributed by atoms with E-state index in [0.717, 1.165) is 42.0 Å². The standard InChI is InChI=1S/C15H14IN3S/c16-10-4-2-5-11(8-10)18-15-12(14(17)20)7-9-3-1-6-13(9)19-15/h2,4-5,7-8H,1,3,6H2,(H2,17,20)(H,18,19). The fourth-order valence-electron chi connectivity index (χ4n) is 2.46. The van der Waals surface area contributed by atoms with E-state index in [0.29, 0.717) is 4.99 Å². The van der Waals surface area contributed by atoms with Gasteiger partial charge in [0.25, 0.3) is 0 Å². The Morgan fingerprint density at radius 2 is 2.15 bits per heavy atom. The van der Waals surface area contributed by atoms with E-state index in [9.17, 15) is 0 Å². The summed E-state index contributed by atoms with van der Waals surface area (Å²) >= 11 is 7.45. The van der Waals surface area contributed by atoms with E-state index in [2.05, 4.69) is 46.1 Å². The first-order valence-electron chi connectivity index (χ1n) is 6.48. The number of nitrogens with one attached hydrogen (secondary N) is 1. The van der Waals surface area contributed by atoms with Crippen molar-refractivity contribution in [1.82, 2.24) is 4.98 Å². The molecular formula is C15H14IN3S. The summed E-state index contributed by atoms with van der Waals surface area (Å²) in [6.45, 7) is 0. The number of pyridine rings is 1. The first-order valence-corrected chi connectivity index (χ1v) is 7.97. The fourth-order valence-corrected chi connectivity index (χ4v) is 3.16. The van der Waals surface area contributed by atoms with Gasteiger partial charge in [-0.3, -0.25) is 0 Å². The normalized spacial score (nSPS) is 13.1. The van der Waals surface area contributed by atoms with E-state index in [1.54, 1.807) is 0 Å². The van der Waals surface area contributed by atoms with Crippen LogP contribution < -0.4 is 11.1 Å². The Kier molecular flexibility index (Phi) is 3.89. The average molecular weight is 395 g/mol. The van der Waals surface area contributed by atoms with Gasteiger partial charge in [0.05, 0.1) is 5.56 Å². The Morgan fingerprint density at radius 1 is 1.30 bits per heavy atom. The number of aryl methyl sites for hydroxylation is 2. The summed E-state index contributed by atoms with van der Waals surface area (Å²) in [5, 5.41) is 3.34. The maximum absolute atomic E-state index is 5.84. The van der Waals surface area contributed by atoms with Gasteiger partial charge >= 0.3 is 0 Å². The van der Waals surface area contributed by atoms with Gasteiger partial charge in [-0.1, -0.05) is 18.3 Å². The quantitative estimate of drug-likeness (QED) is 0.617. The summed E-state index contributed by atoms with van der Waals surface area (Å²) in [5.41, 5.74) is 10.1. The predicted molar refractivity (Wildman–Crippen MR) is 94.6 cm³/mol. The number of fused-ring (bicyclic) bond motifs is 1. The highest BCUT2D eigenvalue weighted by molar-refractivity contribution is 14.1. The van der Waals surface area contributed by atoms with Gasteiger partial charge < -0.3 is 11.1 Å². The molecule has 1 aliphatic carbocycles. The Morgan fingerprint density at radius 3 is 2.90 bits per heavy atom. The van der Waals surface area contributed by atoms with E-state index in [4.69, 9.17) is 22.9 Å². The van der Waals surface area contributed by atoms with Crippen LogP contribution in [0.1, 0.15) is 23.2 Å². The molecule has 0 saturated carbocycles. The van der Waals surface area contributed by atoms with Gasteiger partial charge in [0, 0.05) is 15.0 Å². The maximum atomic E-state index is 5.84. The van der Waals surface area contributed by atoms with Crippen molar-refractivity contribution in [2.45, 2.75) is 19.3 Å². The van der Waals surface area contributed by atoms with Crippen LogP contribution in [0.3, 0.4) is 0 Å². The van der Waals surface area contributed by atoms with Crippen LogP contribution in [0.15, 0.2) is 30.3 Å². The topological polar surface area (TPSA) is 50.9 Å². The summed E-state index contributed by atoms with van der Waals surface area (Å²) < 4.78 is 1.17. The van der Waals surface area contributed by atoms with Gasteiger partial charge in [-0.25, -0.2) is 4.98 Å². The minimum atomic E-state index is 0.389. The van der Waals surface area contributed by atoms with Crippen LogP contribution >= 0.6 is 34.8 Å². The monoisotopic (exact) mass is 395 g/mol. The zero-order chi connectivity index (χ0) is 14.1. The third-order valence-electron chi connectivity index (χ3n) is 3.40. The molecule has 3 N–H and O–H groups in total. The van der Waals surface area contributed by atoms with Gasteiger partial charge in [-0.2, -0.15) is 0 Å². The van der Waals surface area contributed by atoms with E-state index >= 15 is 0 Å². The van der Waals surface area contributed by atoms with Crippen molar-refractivity contribution >= 4 is 51.3 Å². The molecular weight excluding hydrogens is 381 g/mol. The molecule has 1 aromatic heterocycles. The molecule has 2 aromatic rings. The Bertz CT molecular complexity index is 685. The minimum Gasteiger partial charge on any atom is -0.389 e. The molecule has 0 atom stereocenters. The lowest BCUT2D eigenvalue weighted by Gasteiger charge is -2.13. The van der Waals surface area contributed by atoms with Crippen molar-refractivity contribution in [3.8, 4) is 0 Å². The number of aromatic nitrogens is 1. The molecule has 0 radical (unpaired) electrons. The molecule has 102 valence electrons. The van der Waals surface area contributed by atoms with Crippen LogP contribution in [0.4, 0.5) is 11.5 Å². The number of anilines is 2. The van der Waals surface area contributed by atoms with Gasteiger partial charge in [-0.05, 0) is 71.7 Å². The Balaban J connectivity index is 2.01. The molecule has 1 aromatic carbocycles. The van der Waals surface area contributed by atoms with Crippen molar-refractivity contribution in [3.63, 3.8) is 0 Å². The molecule has 1 heterocycles. The zero-order valence-corrected chi connectivity index (χ0v) is 13.8. The minimum absolute atomic E-state index is 0.389. The second-order valence-corrected chi connectivity index (χ2v) is 6.53. The van der Waals surface area contributed by atoms with Crippen molar-refractivity contribution in [3.05, 3.63) is 50.7 Å². The van der Waals surface area contributed by atoms with Crippen LogP contribution in [0.2, 0.25) is 0 Å². The van der Waals surface area contributed by atoms with Crippen molar-refractivity contribution < 1.29 is 0 Å². The zero-order valence-electron chi connectivity index (χ0n) is 10.8. The van der Waals surface area contributed by atoms with Gasteiger partial charge in [0.1, 0.15) is 10.8 Å². The predicted octanol–water partition coefficient (Wildman–Crippen LogP) is 3.55. The second-order valence-electron chi connectivity index (χ2n) is 4.84. The first kappa shape index (κ1) is 13.8. The Hall–Kier alpha value is -1.21. The second kappa shape index (κ2) is 5.65. The van der Waals surface area contributed by atoms with E-state index in [1.165, 1.54) is 9.13 Å². The molecule has 0 spiro atoms. The van der Waals surface area contributed by atoms with Crippen molar-refractivity contribution in [2.24, 2.45) is 5.73 Å². The van der Waals surface area contributed by atoms with E-state index in [-0.39, 0.29) is 0 Å². The van der Waals surface area contributed by atoms with Crippen LogP contribution in [0, 0.1) is 3.57 Å². The average Bonchev–Trinajstić information content (AvgIpc) is 2.84. The molecule has 0 saturated heterocycles. The highest BCUT2D eigenvalue weighted by atomic mass is 127. The molecule has 0 aliphatic heterocycles. The summed E-state index contributed by atoms with van der Waals surface area (Å²) in [4.78, 5) is 5.11. The number of hydrogen-bond acceptors (Lipinski definition) is 3. The number of thiocarbonyl (C=S) groups is 1. The maximum Gasteiger partial charge on any atom is 0.140 e. The van der Waals surface area contributed by atoms with Gasteiger partial charge in [0.15, 0.2) is 0 Å². The van der Waals surface area contributed by atoms with Crippen molar-refractivity contribution in [1.29, 1.82) is 0 Å². The van der Waals surface area contributed by atoms with Crippen LogP contribution in [0.5, 0.6) is 0 Å². The Labute approximate surface area is 137 Å². The summed E-state index contributed by atoms with van der Waals surface area (Å²) in [6, 6.07) is 10.2. The molecule has 3 rings (SSSR count). The van der Waals surface area contributed by atoms with Gasteiger partial charge in [-0.15, -0.1) is 0 Å². The lowest BCUT2D eigenvalue weighted by molar-refractivity contribution is 0.900. The van der Waals surface area contributed by atoms with Crippen LogP contribution in [-0.4, -0.2) is 9.97 Å². The van der Waals surface area contributed by atoms with Gasteiger partial charge in [0.2, 0.25) is 0 Å². The lowest BCUT2D eigenvalue weighted by Crippen LogP contribution is -2.14. The smallest absolute Gasteiger partial charge is 0.140 e. The SMILES string of the molecule is NC(=S)c1cc2c(nc1Nc1cccc(I)c1)CCC2. The van der Waals surface area contributed by atoms with E-state index in [1.807, 2.05) is 12.1 Å². The number of nitrogens with two attached hydrogens (primary N) is 1. The first-order chi connectivity index (χ1) is 9.63. The molecule has 20 heavy (non-hydrogen) atoms. The van der Waals surface area contributed by atoms with Crippen LogP contribution in [0.25, 0.3) is 0 Å².